The molecule has 0 spiro atoms. The van der Waals surface area contributed by atoms with Gasteiger partial charge in [0.2, 0.25) is 0 Å². The second-order valence-corrected chi connectivity index (χ2v) is 4.99. The molecule has 0 saturated carbocycles. The van der Waals surface area contributed by atoms with Crippen LogP contribution in [0.5, 0.6) is 0 Å². The first kappa shape index (κ1) is 14.9. The predicted octanol–water partition coefficient (Wildman–Crippen LogP) is 4.46. The van der Waals surface area contributed by atoms with Crippen LogP contribution in [0, 0.1) is 18.7 Å². The van der Waals surface area contributed by atoms with Crippen molar-refractivity contribution in [3.63, 3.8) is 0 Å². The van der Waals surface area contributed by atoms with Gasteiger partial charge in [-0.2, -0.15) is 0 Å². The van der Waals surface area contributed by atoms with Crippen molar-refractivity contribution in [3.05, 3.63) is 35.1 Å². The molecule has 0 aliphatic rings. The highest BCUT2D eigenvalue weighted by molar-refractivity contribution is 5.83. The van der Waals surface area contributed by atoms with Gasteiger partial charge in [0.25, 0.3) is 0 Å². The van der Waals surface area contributed by atoms with E-state index in [0.29, 0.717) is 6.42 Å². The Morgan fingerprint density at radius 3 is 2.39 bits per heavy atom. The normalized spacial score (nSPS) is 10.9. The molecule has 0 saturated heterocycles. The number of Topliss-reactive ketones (excluding diaryl/α,β-unsaturated/α-hetero) is 1. The first-order valence-corrected chi connectivity index (χ1v) is 6.86. The molecule has 0 bridgehead atoms. The first-order valence-electron chi connectivity index (χ1n) is 6.86. The molecule has 1 aromatic carbocycles. The van der Waals surface area contributed by atoms with E-state index < -0.39 is 0 Å². The standard InChI is InChI=1S/C16H23FO/c1-4-6-13(7-5-2)16(18)11-14-10-15(17)9-8-12(14)3/h8-10,13H,4-7,11H2,1-3H3. The Balaban J connectivity index is 2.75. The highest BCUT2D eigenvalue weighted by Crippen LogP contribution is 2.19. The third kappa shape index (κ3) is 4.25. The van der Waals surface area contributed by atoms with E-state index in [1.165, 1.54) is 12.1 Å². The van der Waals surface area contributed by atoms with Crippen LogP contribution < -0.4 is 0 Å². The molecule has 1 aromatic rings. The molecule has 0 unspecified atom stereocenters. The molecule has 0 amide bonds. The molecule has 100 valence electrons. The van der Waals surface area contributed by atoms with E-state index in [0.717, 1.165) is 36.8 Å². The SMILES string of the molecule is CCCC(CCC)C(=O)Cc1cc(F)ccc1C. The van der Waals surface area contributed by atoms with Crippen LogP contribution in [0.2, 0.25) is 0 Å². The topological polar surface area (TPSA) is 17.1 Å². The van der Waals surface area contributed by atoms with Crippen molar-refractivity contribution in [2.45, 2.75) is 52.9 Å². The maximum absolute atomic E-state index is 13.2. The van der Waals surface area contributed by atoms with Crippen molar-refractivity contribution in [3.8, 4) is 0 Å². The molecule has 1 rings (SSSR count). The Kier molecular flexibility index (Phi) is 6.03. The number of rotatable bonds is 7. The van der Waals surface area contributed by atoms with E-state index >= 15 is 0 Å². The Labute approximate surface area is 109 Å². The molecule has 18 heavy (non-hydrogen) atoms. The first-order chi connectivity index (χ1) is 8.58. The lowest BCUT2D eigenvalue weighted by Gasteiger charge is -2.14. The highest BCUT2D eigenvalue weighted by atomic mass is 19.1. The summed E-state index contributed by atoms with van der Waals surface area (Å²) < 4.78 is 13.2. The van der Waals surface area contributed by atoms with E-state index in [9.17, 15) is 9.18 Å². The number of aryl methyl sites for hydroxylation is 1. The summed E-state index contributed by atoms with van der Waals surface area (Å²) in [5.74, 6) is 0.140. The number of ketones is 1. The van der Waals surface area contributed by atoms with Crippen molar-refractivity contribution in [1.82, 2.24) is 0 Å². The fourth-order valence-electron chi connectivity index (χ4n) is 2.33. The zero-order valence-electron chi connectivity index (χ0n) is 11.6. The van der Waals surface area contributed by atoms with Crippen LogP contribution >= 0.6 is 0 Å². The number of halogens is 1. The van der Waals surface area contributed by atoms with E-state index in [1.54, 1.807) is 6.07 Å². The average molecular weight is 250 g/mol. The Hall–Kier alpha value is -1.18. The monoisotopic (exact) mass is 250 g/mol. The minimum atomic E-state index is -0.258. The summed E-state index contributed by atoms with van der Waals surface area (Å²) in [5, 5.41) is 0. The number of carbonyl (C=O) groups is 1. The van der Waals surface area contributed by atoms with Crippen molar-refractivity contribution in [2.75, 3.05) is 0 Å². The highest BCUT2D eigenvalue weighted by Gasteiger charge is 2.17. The molecule has 0 heterocycles. The number of hydrogen-bond donors (Lipinski definition) is 0. The fourth-order valence-corrected chi connectivity index (χ4v) is 2.33. The van der Waals surface area contributed by atoms with Crippen molar-refractivity contribution in [1.29, 1.82) is 0 Å². The van der Waals surface area contributed by atoms with Crippen LogP contribution in [-0.2, 0) is 11.2 Å². The number of benzene rings is 1. The van der Waals surface area contributed by atoms with Gasteiger partial charge in [0.15, 0.2) is 0 Å². The molecule has 0 N–H and O–H groups in total. The van der Waals surface area contributed by atoms with Crippen molar-refractivity contribution < 1.29 is 9.18 Å². The van der Waals surface area contributed by atoms with Gasteiger partial charge in [-0.3, -0.25) is 4.79 Å². The van der Waals surface area contributed by atoms with Crippen LogP contribution in [0.4, 0.5) is 4.39 Å². The van der Waals surface area contributed by atoms with E-state index in [1.807, 2.05) is 6.92 Å². The number of carbonyl (C=O) groups excluding carboxylic acids is 1. The van der Waals surface area contributed by atoms with Gasteiger partial charge in [0.05, 0.1) is 0 Å². The van der Waals surface area contributed by atoms with Gasteiger partial charge in [-0.05, 0) is 43.0 Å². The van der Waals surface area contributed by atoms with Crippen LogP contribution in [-0.4, -0.2) is 5.78 Å². The van der Waals surface area contributed by atoms with E-state index in [-0.39, 0.29) is 17.5 Å². The largest absolute Gasteiger partial charge is 0.299 e. The molecule has 0 atom stereocenters. The third-order valence-electron chi connectivity index (χ3n) is 3.41. The van der Waals surface area contributed by atoms with Crippen LogP contribution in [0.15, 0.2) is 18.2 Å². The smallest absolute Gasteiger partial charge is 0.140 e. The van der Waals surface area contributed by atoms with Gasteiger partial charge in [0.1, 0.15) is 11.6 Å². The van der Waals surface area contributed by atoms with Crippen molar-refractivity contribution >= 4 is 5.78 Å². The Morgan fingerprint density at radius 2 is 1.83 bits per heavy atom. The molecule has 0 fully saturated rings. The van der Waals surface area contributed by atoms with Crippen LogP contribution in [0.1, 0.15) is 50.7 Å². The Bertz CT molecular complexity index is 392. The lowest BCUT2D eigenvalue weighted by molar-refractivity contribution is -0.122. The zero-order chi connectivity index (χ0) is 13.5. The molecular formula is C16H23FO. The molecule has 0 aliphatic carbocycles. The lowest BCUT2D eigenvalue weighted by Crippen LogP contribution is -2.17. The minimum absolute atomic E-state index is 0.141. The third-order valence-corrected chi connectivity index (χ3v) is 3.41. The molecule has 1 nitrogen and oxygen atoms in total. The summed E-state index contributed by atoms with van der Waals surface area (Å²) in [5.41, 5.74) is 1.83. The van der Waals surface area contributed by atoms with Gasteiger partial charge in [-0.25, -0.2) is 4.39 Å². The fraction of sp³-hybridized carbons (Fsp3) is 0.562. The van der Waals surface area contributed by atoms with Crippen molar-refractivity contribution in [2.24, 2.45) is 5.92 Å². The summed E-state index contributed by atoms with van der Waals surface area (Å²) in [7, 11) is 0. The summed E-state index contributed by atoms with van der Waals surface area (Å²) in [6.45, 7) is 6.13. The molecular weight excluding hydrogens is 227 g/mol. The maximum Gasteiger partial charge on any atom is 0.140 e. The van der Waals surface area contributed by atoms with Gasteiger partial charge >= 0.3 is 0 Å². The maximum atomic E-state index is 13.2. The Morgan fingerprint density at radius 1 is 1.22 bits per heavy atom. The van der Waals surface area contributed by atoms with Gasteiger partial charge in [-0.1, -0.05) is 32.8 Å². The second kappa shape index (κ2) is 7.30. The lowest BCUT2D eigenvalue weighted by atomic mass is 9.89. The van der Waals surface area contributed by atoms with Gasteiger partial charge < -0.3 is 0 Å². The predicted molar refractivity (Wildman–Crippen MR) is 73.2 cm³/mol. The molecule has 0 aliphatic heterocycles. The summed E-state index contributed by atoms with van der Waals surface area (Å²) >= 11 is 0. The molecule has 0 aromatic heterocycles. The molecule has 0 radical (unpaired) electrons. The average Bonchev–Trinajstić information content (AvgIpc) is 2.33. The number of hydrogen-bond acceptors (Lipinski definition) is 1. The summed E-state index contributed by atoms with van der Waals surface area (Å²) in [6.07, 6.45) is 4.31. The van der Waals surface area contributed by atoms with Gasteiger partial charge in [0, 0.05) is 12.3 Å². The minimum Gasteiger partial charge on any atom is -0.299 e. The zero-order valence-corrected chi connectivity index (χ0v) is 11.6. The van der Waals surface area contributed by atoms with Crippen LogP contribution in [0.3, 0.4) is 0 Å². The van der Waals surface area contributed by atoms with Gasteiger partial charge in [-0.15, -0.1) is 0 Å². The quantitative estimate of drug-likeness (QED) is 0.698. The molecule has 2 heteroatoms. The van der Waals surface area contributed by atoms with E-state index in [4.69, 9.17) is 0 Å². The van der Waals surface area contributed by atoms with E-state index in [2.05, 4.69) is 13.8 Å². The second-order valence-electron chi connectivity index (χ2n) is 4.99. The van der Waals surface area contributed by atoms with Crippen LogP contribution in [0.25, 0.3) is 0 Å². The summed E-state index contributed by atoms with van der Waals surface area (Å²) in [6, 6.07) is 4.67. The summed E-state index contributed by atoms with van der Waals surface area (Å²) in [4.78, 5) is 12.2.